The van der Waals surface area contributed by atoms with E-state index in [9.17, 15) is 14.4 Å². The van der Waals surface area contributed by atoms with Gasteiger partial charge in [-0.15, -0.1) is 0 Å². The van der Waals surface area contributed by atoms with E-state index < -0.39 is 11.9 Å². The van der Waals surface area contributed by atoms with Gasteiger partial charge >= 0.3 is 17.9 Å². The van der Waals surface area contributed by atoms with E-state index in [0.717, 1.165) is 29.0 Å². The Morgan fingerprint density at radius 2 is 1.43 bits per heavy atom. The Kier molecular flexibility index (Phi) is 12.4. The molecular weight excluding hydrogens is 536 g/mol. The zero-order valence-corrected chi connectivity index (χ0v) is 23.4. The molecule has 0 fully saturated rings. The van der Waals surface area contributed by atoms with Gasteiger partial charge in [-0.25, -0.2) is 9.59 Å². The molecule has 3 aromatic carbocycles. The van der Waals surface area contributed by atoms with Crippen LogP contribution in [0.2, 0.25) is 0 Å². The van der Waals surface area contributed by atoms with E-state index in [1.807, 2.05) is 31.2 Å². The Morgan fingerprint density at radius 1 is 0.786 bits per heavy atom. The third-order valence-electron chi connectivity index (χ3n) is 5.67. The molecule has 0 aromatic heterocycles. The summed E-state index contributed by atoms with van der Waals surface area (Å²) in [5.74, 6) is 6.64. The fraction of sp³-hybridized carbons (Fsp3) is 0.206. The number of hydrogen-bond acceptors (Lipinski definition) is 8. The van der Waals surface area contributed by atoms with Crippen molar-refractivity contribution >= 4 is 17.9 Å². The normalized spacial score (nSPS) is 9.93. The van der Waals surface area contributed by atoms with E-state index in [-0.39, 0.29) is 19.0 Å². The molecule has 0 aliphatic carbocycles. The van der Waals surface area contributed by atoms with Crippen molar-refractivity contribution < 1.29 is 38.1 Å². The minimum Gasteiger partial charge on any atom is -0.494 e. The third-order valence-corrected chi connectivity index (χ3v) is 5.67. The van der Waals surface area contributed by atoms with Gasteiger partial charge in [0.1, 0.15) is 17.2 Å². The molecule has 42 heavy (non-hydrogen) atoms. The first kappa shape index (κ1) is 31.2. The standard InChI is InChI=1S/C34H32O8/c1-4-32(35)41-23-7-22-40-30-17-19-31(20-18-30)42-34(37)28-14-13-27(25(3)24-28)12-9-26-10-15-29(16-11-26)39-21-6-8-33(36)38-5-2/h4-5,10-11,13-20,24H,1-2,6-8,21-23H2,3H3. The number of hydrogen-bond donors (Lipinski definition) is 0. The molecule has 0 aliphatic rings. The van der Waals surface area contributed by atoms with E-state index in [1.165, 1.54) is 0 Å². The molecule has 3 rings (SSSR count). The van der Waals surface area contributed by atoms with Gasteiger partial charge in [-0.3, -0.25) is 4.79 Å². The molecule has 0 saturated heterocycles. The quantitative estimate of drug-likeness (QED) is 0.0587. The summed E-state index contributed by atoms with van der Waals surface area (Å²) in [5, 5.41) is 0. The van der Waals surface area contributed by atoms with Crippen LogP contribution < -0.4 is 14.2 Å². The Bertz CT molecular complexity index is 1440. The van der Waals surface area contributed by atoms with Gasteiger partial charge in [0.25, 0.3) is 0 Å². The zero-order chi connectivity index (χ0) is 30.2. The van der Waals surface area contributed by atoms with Gasteiger partial charge in [-0.1, -0.05) is 25.0 Å². The van der Waals surface area contributed by atoms with Crippen molar-refractivity contribution in [1.82, 2.24) is 0 Å². The van der Waals surface area contributed by atoms with Gasteiger partial charge in [0.05, 0.1) is 31.6 Å². The fourth-order valence-corrected chi connectivity index (χ4v) is 3.51. The number of aryl methyl sites for hydroxylation is 1. The highest BCUT2D eigenvalue weighted by Gasteiger charge is 2.10. The molecule has 0 spiro atoms. The van der Waals surface area contributed by atoms with Crippen LogP contribution in [0.5, 0.6) is 17.2 Å². The molecule has 0 amide bonds. The van der Waals surface area contributed by atoms with Crippen LogP contribution in [0.3, 0.4) is 0 Å². The summed E-state index contributed by atoms with van der Waals surface area (Å²) in [6, 6.07) is 19.2. The summed E-state index contributed by atoms with van der Waals surface area (Å²) >= 11 is 0. The highest BCUT2D eigenvalue weighted by Crippen LogP contribution is 2.20. The topological polar surface area (TPSA) is 97.4 Å². The first-order valence-electron chi connectivity index (χ1n) is 13.3. The van der Waals surface area contributed by atoms with Crippen LogP contribution in [0.15, 0.2) is 92.2 Å². The highest BCUT2D eigenvalue weighted by molar-refractivity contribution is 5.91. The lowest BCUT2D eigenvalue weighted by molar-refractivity contribution is -0.139. The number of ether oxygens (including phenoxy) is 5. The van der Waals surface area contributed by atoms with Gasteiger partial charge in [0.2, 0.25) is 0 Å². The maximum atomic E-state index is 12.7. The molecule has 0 unspecified atom stereocenters. The van der Waals surface area contributed by atoms with Crippen LogP contribution in [0.4, 0.5) is 0 Å². The second kappa shape index (κ2) is 16.7. The van der Waals surface area contributed by atoms with Gasteiger partial charge in [0.15, 0.2) is 0 Å². The Morgan fingerprint density at radius 3 is 2.07 bits per heavy atom. The van der Waals surface area contributed by atoms with Gasteiger partial charge in [-0.05, 0) is 85.6 Å². The van der Waals surface area contributed by atoms with Gasteiger partial charge in [-0.2, -0.15) is 0 Å². The van der Waals surface area contributed by atoms with E-state index in [2.05, 4.69) is 29.7 Å². The van der Waals surface area contributed by atoms with Crippen molar-refractivity contribution in [2.24, 2.45) is 0 Å². The van der Waals surface area contributed by atoms with Crippen molar-refractivity contribution in [2.45, 2.75) is 26.2 Å². The monoisotopic (exact) mass is 568 g/mol. The molecule has 0 radical (unpaired) electrons. The summed E-state index contributed by atoms with van der Waals surface area (Å²) in [5.41, 5.74) is 2.85. The molecule has 3 aromatic rings. The summed E-state index contributed by atoms with van der Waals surface area (Å²) in [4.78, 5) is 35.0. The number of esters is 3. The number of benzene rings is 3. The van der Waals surface area contributed by atoms with Crippen molar-refractivity contribution in [3.05, 3.63) is 114 Å². The summed E-state index contributed by atoms with van der Waals surface area (Å²) in [7, 11) is 0. The van der Waals surface area contributed by atoms with Crippen molar-refractivity contribution in [1.29, 1.82) is 0 Å². The Balaban J connectivity index is 1.47. The second-order valence-electron chi connectivity index (χ2n) is 8.85. The molecule has 0 N–H and O–H groups in total. The third kappa shape index (κ3) is 10.7. The average molecular weight is 569 g/mol. The van der Waals surface area contributed by atoms with Crippen LogP contribution in [-0.4, -0.2) is 37.7 Å². The van der Waals surface area contributed by atoms with Gasteiger partial charge < -0.3 is 23.7 Å². The molecule has 8 heteroatoms. The summed E-state index contributed by atoms with van der Waals surface area (Å²) in [6.45, 7) is 9.57. The molecule has 0 atom stereocenters. The summed E-state index contributed by atoms with van der Waals surface area (Å²) in [6.07, 6.45) is 3.56. The summed E-state index contributed by atoms with van der Waals surface area (Å²) < 4.78 is 26.3. The number of carbonyl (C=O) groups excluding carboxylic acids is 3. The van der Waals surface area contributed by atoms with Crippen molar-refractivity contribution in [3.8, 4) is 29.1 Å². The zero-order valence-electron chi connectivity index (χ0n) is 23.4. The molecule has 0 heterocycles. The van der Waals surface area contributed by atoms with E-state index in [1.54, 1.807) is 42.5 Å². The molecular formula is C34H32O8. The lowest BCUT2D eigenvalue weighted by Crippen LogP contribution is -2.09. The largest absolute Gasteiger partial charge is 0.494 e. The Hall–Kier alpha value is -5.29. The van der Waals surface area contributed by atoms with Crippen molar-refractivity contribution in [3.63, 3.8) is 0 Å². The van der Waals surface area contributed by atoms with Crippen LogP contribution in [-0.2, 0) is 19.1 Å². The molecule has 0 aliphatic heterocycles. The van der Waals surface area contributed by atoms with Crippen LogP contribution in [0, 0.1) is 18.8 Å². The minimum absolute atomic E-state index is 0.243. The van der Waals surface area contributed by atoms with Gasteiger partial charge in [0, 0.05) is 30.0 Å². The van der Waals surface area contributed by atoms with Crippen LogP contribution in [0.1, 0.15) is 46.3 Å². The highest BCUT2D eigenvalue weighted by atomic mass is 16.5. The first-order chi connectivity index (χ1) is 20.4. The van der Waals surface area contributed by atoms with E-state index in [4.69, 9.17) is 18.9 Å². The smallest absolute Gasteiger partial charge is 0.343 e. The minimum atomic E-state index is -0.483. The lowest BCUT2D eigenvalue weighted by atomic mass is 10.0. The second-order valence-corrected chi connectivity index (χ2v) is 8.85. The maximum absolute atomic E-state index is 12.7. The first-order valence-corrected chi connectivity index (χ1v) is 13.3. The Labute approximate surface area is 245 Å². The van der Waals surface area contributed by atoms with E-state index >= 15 is 0 Å². The van der Waals surface area contributed by atoms with Crippen LogP contribution in [0.25, 0.3) is 0 Å². The van der Waals surface area contributed by atoms with E-state index in [0.29, 0.717) is 48.9 Å². The maximum Gasteiger partial charge on any atom is 0.343 e. The predicted octanol–water partition coefficient (Wildman–Crippen LogP) is 5.96. The fourth-order valence-electron chi connectivity index (χ4n) is 3.51. The van der Waals surface area contributed by atoms with Crippen molar-refractivity contribution in [2.75, 3.05) is 19.8 Å². The molecule has 0 saturated carbocycles. The molecule has 0 bridgehead atoms. The molecule has 216 valence electrons. The lowest BCUT2D eigenvalue weighted by Gasteiger charge is -2.09. The predicted molar refractivity (Wildman–Crippen MR) is 157 cm³/mol. The average Bonchev–Trinajstić information content (AvgIpc) is 3.00. The molecule has 8 nitrogen and oxygen atoms in total. The van der Waals surface area contributed by atoms with Crippen LogP contribution >= 0.6 is 0 Å². The SMILES string of the molecule is C=COC(=O)CCCOc1ccc(C#Cc2ccc(C(=O)Oc3ccc(OCCCOC(=O)C=C)cc3)cc2C)cc1. The number of carbonyl (C=O) groups is 3. The number of rotatable bonds is 14.